The van der Waals surface area contributed by atoms with Crippen LogP contribution >= 0.6 is 11.6 Å². The third-order valence-electron chi connectivity index (χ3n) is 1.80. The Labute approximate surface area is 93.5 Å². The molecule has 0 saturated heterocycles. The summed E-state index contributed by atoms with van der Waals surface area (Å²) in [6.07, 6.45) is 8.12. The highest BCUT2D eigenvalue weighted by Gasteiger charge is 2.02. The van der Waals surface area contributed by atoms with E-state index in [9.17, 15) is 4.79 Å². The molecule has 0 bridgehead atoms. The number of ether oxygens (including phenoxy) is 1. The number of hydrogen-bond donors (Lipinski definition) is 0. The van der Waals surface area contributed by atoms with Gasteiger partial charge in [0.1, 0.15) is 0 Å². The number of halogens is 1. The summed E-state index contributed by atoms with van der Waals surface area (Å²) in [6, 6.07) is 5.22. The van der Waals surface area contributed by atoms with Crippen LogP contribution in [0.15, 0.2) is 24.3 Å². The van der Waals surface area contributed by atoms with Gasteiger partial charge in [-0.2, -0.15) is 0 Å². The first-order chi connectivity index (χ1) is 7.19. The fraction of sp³-hybridized carbons (Fsp3) is 0.0833. The summed E-state index contributed by atoms with van der Waals surface area (Å²) in [5.74, 6) is 2.04. The summed E-state index contributed by atoms with van der Waals surface area (Å²) in [7, 11) is 1.31. The van der Waals surface area contributed by atoms with Crippen LogP contribution < -0.4 is 0 Å². The minimum Gasteiger partial charge on any atom is -0.466 e. The lowest BCUT2D eigenvalue weighted by molar-refractivity contribution is -0.134. The molecule has 0 saturated carbocycles. The molecule has 0 aromatic heterocycles. The van der Waals surface area contributed by atoms with Crippen LogP contribution in [0.1, 0.15) is 11.1 Å². The molecule has 0 N–H and O–H groups in total. The van der Waals surface area contributed by atoms with Crippen molar-refractivity contribution in [1.29, 1.82) is 0 Å². The molecule has 1 aromatic carbocycles. The zero-order valence-corrected chi connectivity index (χ0v) is 8.91. The van der Waals surface area contributed by atoms with E-state index in [1.165, 1.54) is 13.2 Å². The number of carbonyl (C=O) groups is 1. The molecule has 0 amide bonds. The first-order valence-electron chi connectivity index (χ1n) is 4.20. The number of carbonyl (C=O) groups excluding carboxylic acids is 1. The Morgan fingerprint density at radius 2 is 2.33 bits per heavy atom. The van der Waals surface area contributed by atoms with Gasteiger partial charge in [-0.1, -0.05) is 23.6 Å². The Morgan fingerprint density at radius 3 is 2.93 bits per heavy atom. The molecule has 3 heteroatoms. The lowest BCUT2D eigenvalue weighted by Gasteiger charge is -2.01. The van der Waals surface area contributed by atoms with E-state index in [1.54, 1.807) is 24.3 Å². The summed E-state index contributed by atoms with van der Waals surface area (Å²) in [5.41, 5.74) is 1.29. The summed E-state index contributed by atoms with van der Waals surface area (Å²) in [5, 5.41) is 0.505. The lowest BCUT2D eigenvalue weighted by atomic mass is 10.1. The molecule has 2 nitrogen and oxygen atoms in total. The quantitative estimate of drug-likeness (QED) is 0.435. The molecule has 0 radical (unpaired) electrons. The highest BCUT2D eigenvalue weighted by molar-refractivity contribution is 6.32. The fourth-order valence-electron chi connectivity index (χ4n) is 1.05. The van der Waals surface area contributed by atoms with Crippen LogP contribution in [0.3, 0.4) is 0 Å². The van der Waals surface area contributed by atoms with Gasteiger partial charge in [-0.25, -0.2) is 4.79 Å². The van der Waals surface area contributed by atoms with Crippen LogP contribution in [0.5, 0.6) is 0 Å². The van der Waals surface area contributed by atoms with Crippen LogP contribution in [-0.4, -0.2) is 13.1 Å². The predicted molar refractivity (Wildman–Crippen MR) is 60.4 cm³/mol. The first-order valence-corrected chi connectivity index (χ1v) is 4.58. The van der Waals surface area contributed by atoms with E-state index in [2.05, 4.69) is 10.7 Å². The minimum absolute atomic E-state index is 0.446. The van der Waals surface area contributed by atoms with Crippen molar-refractivity contribution >= 4 is 23.6 Å². The summed E-state index contributed by atoms with van der Waals surface area (Å²) < 4.78 is 4.46. The number of benzene rings is 1. The molecule has 0 heterocycles. The van der Waals surface area contributed by atoms with Crippen LogP contribution in [0.2, 0.25) is 5.02 Å². The molecular formula is C12H9ClO2. The van der Waals surface area contributed by atoms with Crippen molar-refractivity contribution in [3.05, 3.63) is 40.4 Å². The monoisotopic (exact) mass is 220 g/mol. The molecule has 0 aliphatic heterocycles. The maximum absolute atomic E-state index is 10.9. The third kappa shape index (κ3) is 2.87. The maximum Gasteiger partial charge on any atom is 0.330 e. The first kappa shape index (κ1) is 11.4. The summed E-state index contributed by atoms with van der Waals surface area (Å²) in [6.45, 7) is 0. The average molecular weight is 221 g/mol. The van der Waals surface area contributed by atoms with E-state index < -0.39 is 5.97 Å². The molecule has 0 fully saturated rings. The summed E-state index contributed by atoms with van der Waals surface area (Å²) in [4.78, 5) is 10.9. The molecule has 0 aliphatic carbocycles. The van der Waals surface area contributed by atoms with Gasteiger partial charge in [0.25, 0.3) is 0 Å². The fourth-order valence-corrected chi connectivity index (χ4v) is 1.29. The Bertz CT molecular complexity index is 441. The smallest absolute Gasteiger partial charge is 0.330 e. The second-order valence-corrected chi connectivity index (χ2v) is 3.11. The number of terminal acetylenes is 1. The van der Waals surface area contributed by atoms with Crippen molar-refractivity contribution < 1.29 is 9.53 Å². The predicted octanol–water partition coefficient (Wildman–Crippen LogP) is 2.51. The maximum atomic E-state index is 10.9. The van der Waals surface area contributed by atoms with Gasteiger partial charge in [0, 0.05) is 22.2 Å². The molecule has 0 atom stereocenters. The molecule has 0 spiro atoms. The van der Waals surface area contributed by atoms with Crippen LogP contribution in [0.25, 0.3) is 6.08 Å². The van der Waals surface area contributed by atoms with Gasteiger partial charge in [-0.15, -0.1) is 6.42 Å². The van der Waals surface area contributed by atoms with E-state index in [-0.39, 0.29) is 0 Å². The zero-order valence-electron chi connectivity index (χ0n) is 8.16. The number of rotatable bonds is 2. The zero-order chi connectivity index (χ0) is 11.3. The third-order valence-corrected chi connectivity index (χ3v) is 2.13. The molecule has 1 rings (SSSR count). The van der Waals surface area contributed by atoms with Gasteiger partial charge >= 0.3 is 5.97 Å². The van der Waals surface area contributed by atoms with Gasteiger partial charge in [-0.3, -0.25) is 0 Å². The van der Waals surface area contributed by atoms with Crippen molar-refractivity contribution in [3.63, 3.8) is 0 Å². The molecular weight excluding hydrogens is 212 g/mol. The Kier molecular flexibility index (Phi) is 3.96. The van der Waals surface area contributed by atoms with Crippen molar-refractivity contribution in [2.24, 2.45) is 0 Å². The Hall–Kier alpha value is -1.72. The topological polar surface area (TPSA) is 26.3 Å². The van der Waals surface area contributed by atoms with Gasteiger partial charge in [0.05, 0.1) is 7.11 Å². The van der Waals surface area contributed by atoms with Crippen molar-refractivity contribution in [3.8, 4) is 12.3 Å². The van der Waals surface area contributed by atoms with E-state index in [4.69, 9.17) is 18.0 Å². The summed E-state index contributed by atoms with van der Waals surface area (Å²) >= 11 is 5.94. The van der Waals surface area contributed by atoms with Gasteiger partial charge in [-0.05, 0) is 18.2 Å². The highest BCUT2D eigenvalue weighted by Crippen LogP contribution is 2.20. The number of esters is 1. The van der Waals surface area contributed by atoms with Gasteiger partial charge < -0.3 is 4.74 Å². The van der Waals surface area contributed by atoms with Gasteiger partial charge in [0.2, 0.25) is 0 Å². The van der Waals surface area contributed by atoms with E-state index >= 15 is 0 Å². The SMILES string of the molecule is C#Cc1cccc(Cl)c1/C=C/C(=O)OC. The van der Waals surface area contributed by atoms with E-state index in [0.717, 1.165) is 0 Å². The second kappa shape index (κ2) is 5.23. The molecule has 15 heavy (non-hydrogen) atoms. The highest BCUT2D eigenvalue weighted by atomic mass is 35.5. The number of hydrogen-bond acceptors (Lipinski definition) is 2. The van der Waals surface area contributed by atoms with Crippen LogP contribution in [-0.2, 0) is 9.53 Å². The van der Waals surface area contributed by atoms with Crippen molar-refractivity contribution in [1.82, 2.24) is 0 Å². The van der Waals surface area contributed by atoms with Gasteiger partial charge in [0.15, 0.2) is 0 Å². The molecule has 1 aromatic rings. The average Bonchev–Trinajstić information content (AvgIpc) is 2.26. The Balaban J connectivity index is 3.09. The molecule has 0 aliphatic rings. The number of methoxy groups -OCH3 is 1. The van der Waals surface area contributed by atoms with E-state index in [1.807, 2.05) is 0 Å². The van der Waals surface area contributed by atoms with Crippen LogP contribution in [0, 0.1) is 12.3 Å². The molecule has 0 unspecified atom stereocenters. The Morgan fingerprint density at radius 1 is 1.60 bits per heavy atom. The standard InChI is InChI=1S/C12H9ClO2/c1-3-9-5-4-6-11(13)10(9)7-8-12(14)15-2/h1,4-8H,2H3/b8-7+. The van der Waals surface area contributed by atoms with Crippen molar-refractivity contribution in [2.75, 3.05) is 7.11 Å². The van der Waals surface area contributed by atoms with E-state index in [0.29, 0.717) is 16.1 Å². The molecule has 76 valence electrons. The minimum atomic E-state index is -0.446. The largest absolute Gasteiger partial charge is 0.466 e. The van der Waals surface area contributed by atoms with Crippen molar-refractivity contribution in [2.45, 2.75) is 0 Å². The second-order valence-electron chi connectivity index (χ2n) is 2.70. The lowest BCUT2D eigenvalue weighted by Crippen LogP contribution is -1.94. The normalized spacial score (nSPS) is 9.93. The van der Waals surface area contributed by atoms with Crippen LogP contribution in [0.4, 0.5) is 0 Å².